The molecule has 1 heteroatoms. The second-order valence-electron chi connectivity index (χ2n) is 11.8. The van der Waals surface area contributed by atoms with Crippen molar-refractivity contribution in [3.8, 4) is 0 Å². The van der Waals surface area contributed by atoms with E-state index < -0.39 is 8.07 Å². The lowest BCUT2D eigenvalue weighted by atomic mass is 9.62. The largest absolute Gasteiger partial charge is 0.0685 e. The molecule has 25 heavy (non-hydrogen) atoms. The van der Waals surface area contributed by atoms with Crippen molar-refractivity contribution in [1.82, 2.24) is 0 Å². The normalized spacial score (nSPS) is 62.6. The third kappa shape index (κ3) is 2.00. The topological polar surface area (TPSA) is 0 Å². The molecule has 0 nitrogen and oxygen atoms in total. The zero-order valence-corrected chi connectivity index (χ0v) is 17.8. The molecular formula is C24H40Si. The molecule has 6 aliphatic rings. The van der Waals surface area contributed by atoms with Crippen LogP contribution in [0.2, 0.25) is 23.2 Å². The molecular weight excluding hydrogens is 316 g/mol. The van der Waals surface area contributed by atoms with Crippen LogP contribution in [0.4, 0.5) is 0 Å². The monoisotopic (exact) mass is 356 g/mol. The van der Waals surface area contributed by atoms with Crippen molar-refractivity contribution in [2.24, 2.45) is 41.4 Å². The van der Waals surface area contributed by atoms with E-state index in [4.69, 9.17) is 0 Å². The molecule has 0 aromatic carbocycles. The van der Waals surface area contributed by atoms with Gasteiger partial charge in [0, 0.05) is 0 Å². The number of fused-ring (bicyclic) bond motifs is 3. The van der Waals surface area contributed by atoms with Crippen molar-refractivity contribution in [2.75, 3.05) is 0 Å². The van der Waals surface area contributed by atoms with Crippen molar-refractivity contribution in [1.29, 1.82) is 0 Å². The summed E-state index contributed by atoms with van der Waals surface area (Å²) in [6, 6.07) is 0. The van der Waals surface area contributed by atoms with Crippen LogP contribution >= 0.6 is 0 Å². The van der Waals surface area contributed by atoms with E-state index in [2.05, 4.69) is 13.5 Å². The maximum Gasteiger partial charge on any atom is 0.0609 e. The van der Waals surface area contributed by atoms with E-state index in [1.807, 2.05) is 0 Å². The Morgan fingerprint density at radius 2 is 1.36 bits per heavy atom. The molecule has 0 N–H and O–H groups in total. The SMILES string of the molecule is CC1CC2C3CCCCC3CC3C2C1[Si]3(C)C1CCC2CCCCC21. The molecule has 1 heterocycles. The van der Waals surface area contributed by atoms with Crippen LogP contribution in [-0.4, -0.2) is 8.07 Å². The summed E-state index contributed by atoms with van der Waals surface area (Å²) in [6.07, 6.45) is 19.4. The zero-order valence-electron chi connectivity index (χ0n) is 16.8. The Morgan fingerprint density at radius 3 is 2.20 bits per heavy atom. The van der Waals surface area contributed by atoms with Gasteiger partial charge < -0.3 is 0 Å². The fourth-order valence-electron chi connectivity index (χ4n) is 10.8. The molecule has 6 rings (SSSR count). The highest BCUT2D eigenvalue weighted by molar-refractivity contribution is 6.86. The van der Waals surface area contributed by atoms with Gasteiger partial charge >= 0.3 is 0 Å². The lowest BCUT2D eigenvalue weighted by Gasteiger charge is -2.67. The van der Waals surface area contributed by atoms with E-state index in [1.165, 1.54) is 52.1 Å². The van der Waals surface area contributed by atoms with Gasteiger partial charge in [0.15, 0.2) is 0 Å². The molecule has 5 aliphatic carbocycles. The van der Waals surface area contributed by atoms with Gasteiger partial charge in [0.2, 0.25) is 0 Å². The third-order valence-corrected chi connectivity index (χ3v) is 18.3. The minimum atomic E-state index is -1.06. The van der Waals surface area contributed by atoms with E-state index in [1.54, 1.807) is 77.0 Å². The van der Waals surface area contributed by atoms with Crippen LogP contribution in [0.3, 0.4) is 0 Å². The second kappa shape index (κ2) is 5.61. The van der Waals surface area contributed by atoms with E-state index in [0.717, 1.165) is 5.92 Å². The van der Waals surface area contributed by atoms with Gasteiger partial charge in [-0.3, -0.25) is 0 Å². The summed E-state index contributed by atoms with van der Waals surface area (Å²) in [4.78, 5) is 0. The molecule has 1 saturated heterocycles. The van der Waals surface area contributed by atoms with E-state index in [-0.39, 0.29) is 0 Å². The Labute approximate surface area is 156 Å². The van der Waals surface area contributed by atoms with Crippen LogP contribution in [0.5, 0.6) is 0 Å². The Bertz CT molecular complexity index is 542. The number of hydrogen-bond donors (Lipinski definition) is 0. The van der Waals surface area contributed by atoms with Gasteiger partial charge in [-0.15, -0.1) is 0 Å². The summed E-state index contributed by atoms with van der Waals surface area (Å²) in [5.74, 6) is 8.23. The predicted molar refractivity (Wildman–Crippen MR) is 108 cm³/mol. The lowest BCUT2D eigenvalue weighted by molar-refractivity contribution is 0.0538. The van der Waals surface area contributed by atoms with Crippen LogP contribution in [0.1, 0.15) is 84.0 Å². The Balaban J connectivity index is 1.34. The standard InChI is InChI=1S/C24H40Si/c1-15-13-20-18-9-5-4-8-17(18)14-22-23(20)24(15)25(22,2)21-12-11-16-7-3-6-10-19(16)21/h15-24H,3-14H2,1-2H3. The maximum absolute atomic E-state index is 2.97. The van der Waals surface area contributed by atoms with Gasteiger partial charge in [-0.05, 0) is 77.3 Å². The molecule has 140 valence electrons. The zero-order chi connectivity index (χ0) is 16.8. The van der Waals surface area contributed by atoms with Gasteiger partial charge in [0.1, 0.15) is 0 Å². The number of rotatable bonds is 1. The van der Waals surface area contributed by atoms with E-state index >= 15 is 0 Å². The first-order chi connectivity index (χ1) is 12.2. The molecule has 0 spiro atoms. The molecule has 0 aromatic rings. The Hall–Kier alpha value is 0.217. The van der Waals surface area contributed by atoms with E-state index in [9.17, 15) is 0 Å². The van der Waals surface area contributed by atoms with E-state index in [0.29, 0.717) is 0 Å². The highest BCUT2D eigenvalue weighted by Gasteiger charge is 2.72. The summed E-state index contributed by atoms with van der Waals surface area (Å²) in [7, 11) is -1.06. The minimum absolute atomic E-state index is 1.06. The molecule has 0 aromatic heterocycles. The van der Waals surface area contributed by atoms with Crippen molar-refractivity contribution in [3.05, 3.63) is 0 Å². The number of hydrogen-bond acceptors (Lipinski definition) is 0. The van der Waals surface area contributed by atoms with Gasteiger partial charge in [-0.25, -0.2) is 0 Å². The quantitative estimate of drug-likeness (QED) is 0.433. The Morgan fingerprint density at radius 1 is 0.640 bits per heavy atom. The summed E-state index contributed by atoms with van der Waals surface area (Å²) < 4.78 is 0. The van der Waals surface area contributed by atoms with Crippen LogP contribution < -0.4 is 0 Å². The molecule has 11 atom stereocenters. The molecule has 6 fully saturated rings. The lowest BCUT2D eigenvalue weighted by Crippen LogP contribution is -2.65. The average Bonchev–Trinajstić information content (AvgIpc) is 3.21. The molecule has 0 radical (unpaired) electrons. The van der Waals surface area contributed by atoms with Gasteiger partial charge in [0.05, 0.1) is 8.07 Å². The van der Waals surface area contributed by atoms with Crippen LogP contribution in [-0.2, 0) is 0 Å². The summed E-state index contributed by atoms with van der Waals surface area (Å²) in [6.45, 7) is 5.68. The molecule has 1 aliphatic heterocycles. The van der Waals surface area contributed by atoms with Crippen molar-refractivity contribution >= 4 is 8.07 Å². The summed E-state index contributed by atoms with van der Waals surface area (Å²) >= 11 is 0. The fraction of sp³-hybridized carbons (Fsp3) is 1.00. The molecule has 0 amide bonds. The van der Waals surface area contributed by atoms with Crippen molar-refractivity contribution in [3.63, 3.8) is 0 Å². The van der Waals surface area contributed by atoms with Gasteiger partial charge in [-0.2, -0.15) is 0 Å². The Kier molecular flexibility index (Phi) is 3.64. The smallest absolute Gasteiger partial charge is 0.0609 e. The second-order valence-corrected chi connectivity index (χ2v) is 16.7. The molecule has 5 saturated carbocycles. The van der Waals surface area contributed by atoms with Crippen molar-refractivity contribution < 1.29 is 0 Å². The van der Waals surface area contributed by atoms with Crippen LogP contribution in [0.25, 0.3) is 0 Å². The first kappa shape index (κ1) is 16.2. The van der Waals surface area contributed by atoms with Crippen LogP contribution in [0, 0.1) is 41.4 Å². The summed E-state index contributed by atoms with van der Waals surface area (Å²) in [5, 5.41) is 0. The molecule has 0 bridgehead atoms. The highest BCUT2D eigenvalue weighted by atomic mass is 28.3. The average molecular weight is 357 g/mol. The fourth-order valence-corrected chi connectivity index (χ4v) is 18.9. The van der Waals surface area contributed by atoms with Gasteiger partial charge in [-0.1, -0.05) is 71.3 Å². The predicted octanol–water partition coefficient (Wildman–Crippen LogP) is 7.27. The summed E-state index contributed by atoms with van der Waals surface area (Å²) in [5.41, 5.74) is 3.79. The third-order valence-electron chi connectivity index (χ3n) is 11.4. The minimum Gasteiger partial charge on any atom is -0.0685 e. The first-order valence-corrected chi connectivity index (χ1v) is 14.9. The van der Waals surface area contributed by atoms with Crippen molar-refractivity contribution in [2.45, 2.75) is 107 Å². The molecule has 11 unspecified atom stereocenters. The maximum atomic E-state index is 2.97. The van der Waals surface area contributed by atoms with Crippen LogP contribution in [0.15, 0.2) is 0 Å². The highest BCUT2D eigenvalue weighted by Crippen LogP contribution is 2.79. The first-order valence-electron chi connectivity index (χ1n) is 12.2. The van der Waals surface area contributed by atoms with Gasteiger partial charge in [0.25, 0.3) is 0 Å².